The minimum absolute atomic E-state index is 0.232. The van der Waals surface area contributed by atoms with Crippen LogP contribution in [0.1, 0.15) is 17.0 Å². The summed E-state index contributed by atoms with van der Waals surface area (Å²) >= 11 is 1.03. The standard InChI is InChI=1S/C26H23N3O4S/c1-16-3-7-19(8-4-16)33-20-11-12-21-22(14-20)29(2)24(27-21)15-32-18-9-5-17(6-10-18)13-23-25(30)28-26(31)34-23/h3-12,14,23H,13,15H2,1-2H3,(H,28,30,31). The Hall–Kier alpha value is -3.78. The molecule has 1 aromatic heterocycles. The van der Waals surface area contributed by atoms with Crippen LogP contribution >= 0.6 is 11.8 Å². The monoisotopic (exact) mass is 473 g/mol. The lowest BCUT2D eigenvalue weighted by Gasteiger charge is -2.09. The summed E-state index contributed by atoms with van der Waals surface area (Å²) < 4.78 is 13.9. The fraction of sp³-hybridized carbons (Fsp3) is 0.192. The van der Waals surface area contributed by atoms with Gasteiger partial charge in [-0.15, -0.1) is 0 Å². The first-order valence-electron chi connectivity index (χ1n) is 10.9. The number of hydrogen-bond acceptors (Lipinski definition) is 6. The summed E-state index contributed by atoms with van der Waals surface area (Å²) in [6.07, 6.45) is 0.500. The number of thioether (sulfide) groups is 1. The zero-order valence-electron chi connectivity index (χ0n) is 18.8. The molecule has 1 unspecified atom stereocenters. The van der Waals surface area contributed by atoms with Gasteiger partial charge in [0.1, 0.15) is 29.7 Å². The molecule has 3 aromatic carbocycles. The van der Waals surface area contributed by atoms with Gasteiger partial charge in [-0.3, -0.25) is 14.9 Å². The smallest absolute Gasteiger partial charge is 0.286 e. The number of imidazole rings is 1. The molecule has 1 aliphatic heterocycles. The number of carbonyl (C=O) groups excluding carboxylic acids is 2. The van der Waals surface area contributed by atoms with Crippen molar-refractivity contribution in [2.45, 2.75) is 25.2 Å². The number of fused-ring (bicyclic) bond motifs is 1. The molecule has 2 amide bonds. The quantitative estimate of drug-likeness (QED) is 0.400. The zero-order valence-corrected chi connectivity index (χ0v) is 19.6. The zero-order chi connectivity index (χ0) is 23.7. The summed E-state index contributed by atoms with van der Waals surface area (Å²) in [5.74, 6) is 2.81. The minimum atomic E-state index is -0.376. The number of nitrogens with one attached hydrogen (secondary N) is 1. The number of aromatic nitrogens is 2. The van der Waals surface area contributed by atoms with Crippen LogP contribution in [-0.2, 0) is 24.9 Å². The van der Waals surface area contributed by atoms with Crippen LogP contribution in [0.25, 0.3) is 11.0 Å². The maximum atomic E-state index is 11.8. The number of nitrogens with zero attached hydrogens (tertiary/aromatic N) is 2. The van der Waals surface area contributed by atoms with Crippen LogP contribution in [0.3, 0.4) is 0 Å². The number of benzene rings is 3. The lowest BCUT2D eigenvalue weighted by atomic mass is 10.1. The molecule has 1 aliphatic rings. The van der Waals surface area contributed by atoms with Gasteiger partial charge < -0.3 is 14.0 Å². The van der Waals surface area contributed by atoms with E-state index in [2.05, 4.69) is 5.32 Å². The summed E-state index contributed by atoms with van der Waals surface area (Å²) in [6.45, 7) is 2.36. The van der Waals surface area contributed by atoms with E-state index in [1.165, 1.54) is 5.56 Å². The van der Waals surface area contributed by atoms with Crippen molar-refractivity contribution in [2.24, 2.45) is 7.05 Å². The third kappa shape index (κ3) is 4.77. The predicted octanol–water partition coefficient (Wildman–Crippen LogP) is 5.15. The topological polar surface area (TPSA) is 82.5 Å². The highest BCUT2D eigenvalue weighted by atomic mass is 32.2. The van der Waals surface area contributed by atoms with Gasteiger partial charge in [0.25, 0.3) is 5.24 Å². The molecule has 0 spiro atoms. The van der Waals surface area contributed by atoms with Crippen molar-refractivity contribution >= 4 is 33.9 Å². The SMILES string of the molecule is Cc1ccc(Oc2ccc3nc(COc4ccc(CC5SC(=O)NC5=O)cc4)n(C)c3c2)cc1. The normalized spacial score (nSPS) is 15.5. The Morgan fingerprint density at radius 2 is 1.68 bits per heavy atom. The molecule has 1 atom stereocenters. The molecular weight excluding hydrogens is 450 g/mol. The second-order valence-electron chi connectivity index (χ2n) is 8.17. The lowest BCUT2D eigenvalue weighted by Crippen LogP contribution is -2.25. The van der Waals surface area contributed by atoms with Crippen LogP contribution < -0.4 is 14.8 Å². The molecule has 2 heterocycles. The molecule has 0 radical (unpaired) electrons. The molecule has 0 saturated carbocycles. The third-order valence-corrected chi connectivity index (χ3v) is 6.66. The van der Waals surface area contributed by atoms with E-state index >= 15 is 0 Å². The van der Waals surface area contributed by atoms with E-state index in [0.29, 0.717) is 18.8 Å². The summed E-state index contributed by atoms with van der Waals surface area (Å²) in [7, 11) is 1.96. The minimum Gasteiger partial charge on any atom is -0.486 e. The van der Waals surface area contributed by atoms with Gasteiger partial charge >= 0.3 is 0 Å². The number of hydrogen-bond donors (Lipinski definition) is 1. The Labute approximate surface area is 201 Å². The number of imide groups is 1. The van der Waals surface area contributed by atoms with Crippen molar-refractivity contribution in [2.75, 3.05) is 0 Å². The molecule has 8 heteroatoms. The Morgan fingerprint density at radius 3 is 2.38 bits per heavy atom. The largest absolute Gasteiger partial charge is 0.486 e. The van der Waals surface area contributed by atoms with Crippen LogP contribution in [0.5, 0.6) is 17.2 Å². The van der Waals surface area contributed by atoms with E-state index in [1.807, 2.05) is 85.3 Å². The van der Waals surface area contributed by atoms with Crippen molar-refractivity contribution in [1.29, 1.82) is 0 Å². The van der Waals surface area contributed by atoms with E-state index in [4.69, 9.17) is 14.5 Å². The van der Waals surface area contributed by atoms with Crippen molar-refractivity contribution in [3.63, 3.8) is 0 Å². The average Bonchev–Trinajstić information content (AvgIpc) is 3.32. The second-order valence-corrected chi connectivity index (χ2v) is 9.35. The summed E-state index contributed by atoms with van der Waals surface area (Å²) in [5.41, 5.74) is 3.99. The number of carbonyl (C=O) groups is 2. The van der Waals surface area contributed by atoms with Gasteiger partial charge in [-0.1, -0.05) is 41.6 Å². The van der Waals surface area contributed by atoms with E-state index in [-0.39, 0.29) is 16.4 Å². The summed E-state index contributed by atoms with van der Waals surface area (Å²) in [4.78, 5) is 27.8. The molecule has 172 valence electrons. The Balaban J connectivity index is 1.24. The van der Waals surface area contributed by atoms with Gasteiger partial charge in [-0.05, 0) is 55.3 Å². The molecule has 1 saturated heterocycles. The van der Waals surface area contributed by atoms with E-state index in [0.717, 1.165) is 45.7 Å². The van der Waals surface area contributed by atoms with Gasteiger partial charge in [0.15, 0.2) is 0 Å². The van der Waals surface area contributed by atoms with Crippen molar-refractivity contribution < 1.29 is 19.1 Å². The predicted molar refractivity (Wildman–Crippen MR) is 131 cm³/mol. The highest BCUT2D eigenvalue weighted by molar-refractivity contribution is 8.15. The van der Waals surface area contributed by atoms with Gasteiger partial charge in [0.2, 0.25) is 5.91 Å². The molecule has 0 aliphatic carbocycles. The van der Waals surface area contributed by atoms with Crippen molar-refractivity contribution in [1.82, 2.24) is 14.9 Å². The molecule has 1 fully saturated rings. The van der Waals surface area contributed by atoms with Crippen molar-refractivity contribution in [3.05, 3.63) is 83.7 Å². The Kier molecular flexibility index (Phi) is 5.98. The number of amides is 2. The molecule has 34 heavy (non-hydrogen) atoms. The number of ether oxygens (including phenoxy) is 2. The van der Waals surface area contributed by atoms with Crippen LogP contribution in [0.15, 0.2) is 66.7 Å². The Morgan fingerprint density at radius 1 is 0.971 bits per heavy atom. The maximum Gasteiger partial charge on any atom is 0.286 e. The van der Waals surface area contributed by atoms with Gasteiger partial charge in [-0.25, -0.2) is 4.98 Å². The average molecular weight is 474 g/mol. The first-order valence-corrected chi connectivity index (χ1v) is 11.8. The molecule has 1 N–H and O–H groups in total. The Bertz CT molecular complexity index is 1360. The highest BCUT2D eigenvalue weighted by Gasteiger charge is 2.31. The van der Waals surface area contributed by atoms with Crippen LogP contribution in [-0.4, -0.2) is 25.9 Å². The molecular formula is C26H23N3O4S. The van der Waals surface area contributed by atoms with Crippen LogP contribution in [0.4, 0.5) is 4.79 Å². The first kappa shape index (κ1) is 22.0. The third-order valence-electron chi connectivity index (χ3n) is 5.68. The van der Waals surface area contributed by atoms with Crippen molar-refractivity contribution in [3.8, 4) is 17.2 Å². The number of rotatable bonds is 7. The fourth-order valence-corrected chi connectivity index (χ4v) is 4.63. The lowest BCUT2D eigenvalue weighted by molar-refractivity contribution is -0.118. The summed E-state index contributed by atoms with van der Waals surface area (Å²) in [6, 6.07) is 21.3. The van der Waals surface area contributed by atoms with Gasteiger partial charge in [0, 0.05) is 13.1 Å². The maximum absolute atomic E-state index is 11.8. The van der Waals surface area contributed by atoms with Gasteiger partial charge in [0.05, 0.1) is 16.3 Å². The first-order chi connectivity index (χ1) is 16.4. The number of aryl methyl sites for hydroxylation is 2. The van der Waals surface area contributed by atoms with E-state index < -0.39 is 0 Å². The van der Waals surface area contributed by atoms with E-state index in [9.17, 15) is 9.59 Å². The summed E-state index contributed by atoms with van der Waals surface area (Å²) in [5, 5.41) is 1.65. The van der Waals surface area contributed by atoms with Crippen LogP contribution in [0, 0.1) is 6.92 Å². The molecule has 7 nitrogen and oxygen atoms in total. The molecule has 4 aromatic rings. The van der Waals surface area contributed by atoms with Gasteiger partial charge in [-0.2, -0.15) is 0 Å². The van der Waals surface area contributed by atoms with E-state index in [1.54, 1.807) is 0 Å². The second kappa shape index (κ2) is 9.23. The molecule has 5 rings (SSSR count). The fourth-order valence-electron chi connectivity index (χ4n) is 3.77. The van der Waals surface area contributed by atoms with Crippen LogP contribution in [0.2, 0.25) is 0 Å². The molecule has 0 bridgehead atoms. The highest BCUT2D eigenvalue weighted by Crippen LogP contribution is 2.27.